The van der Waals surface area contributed by atoms with Crippen LogP contribution in [0.1, 0.15) is 12.6 Å². The van der Waals surface area contributed by atoms with Crippen LogP contribution in [0.15, 0.2) is 36.4 Å². The van der Waals surface area contributed by atoms with Crippen LogP contribution < -0.4 is 24.2 Å². The summed E-state index contributed by atoms with van der Waals surface area (Å²) in [5.41, 5.74) is 1.53. The summed E-state index contributed by atoms with van der Waals surface area (Å²) in [4.78, 5) is 20.5. The highest BCUT2D eigenvalue weighted by molar-refractivity contribution is 7.88. The number of aromatic nitrogens is 5. The molecule has 0 spiro atoms. The molecule has 0 unspecified atom stereocenters. The summed E-state index contributed by atoms with van der Waals surface area (Å²) in [6.45, 7) is 2.85. The first-order chi connectivity index (χ1) is 18.2. The molecule has 3 aromatic heterocycles. The summed E-state index contributed by atoms with van der Waals surface area (Å²) in [6, 6.07) is 10.6. The SMILES string of the molecule is CCOc1cccc(-c2nc3nc(N4CC(O)C4)c(CS(N)(=O)=O)nc3n2-c2c(OC)cccc2OC)n1. The number of methoxy groups -OCH3 is 2. The third kappa shape index (κ3) is 4.80. The molecule has 0 radical (unpaired) electrons. The molecule has 200 valence electrons. The lowest BCUT2D eigenvalue weighted by Gasteiger charge is -2.37. The molecule has 14 heteroatoms. The lowest BCUT2D eigenvalue weighted by atomic mass is 10.1. The van der Waals surface area contributed by atoms with Crippen LogP contribution in [0, 0.1) is 0 Å². The third-order valence-corrected chi connectivity index (χ3v) is 6.59. The van der Waals surface area contributed by atoms with Crippen LogP contribution in [0.25, 0.3) is 28.5 Å². The molecule has 1 saturated heterocycles. The van der Waals surface area contributed by atoms with E-state index < -0.39 is 21.9 Å². The number of sulfonamides is 1. The normalized spacial score (nSPS) is 14.0. The Morgan fingerprint density at radius 1 is 1.03 bits per heavy atom. The van der Waals surface area contributed by atoms with E-state index in [1.165, 1.54) is 14.2 Å². The van der Waals surface area contributed by atoms with Crippen LogP contribution in [0.5, 0.6) is 17.4 Å². The first-order valence-electron chi connectivity index (χ1n) is 11.8. The zero-order valence-electron chi connectivity index (χ0n) is 21.0. The monoisotopic (exact) mass is 541 g/mol. The van der Waals surface area contributed by atoms with Crippen LogP contribution in [0.4, 0.5) is 5.82 Å². The predicted molar refractivity (Wildman–Crippen MR) is 139 cm³/mol. The average molecular weight is 542 g/mol. The van der Waals surface area contributed by atoms with Gasteiger partial charge in [0.1, 0.15) is 34.3 Å². The zero-order chi connectivity index (χ0) is 27.0. The highest BCUT2D eigenvalue weighted by Gasteiger charge is 2.32. The third-order valence-electron chi connectivity index (χ3n) is 5.92. The summed E-state index contributed by atoms with van der Waals surface area (Å²) in [6.07, 6.45) is -0.550. The Hall–Kier alpha value is -4.01. The van der Waals surface area contributed by atoms with Crippen molar-refractivity contribution in [1.29, 1.82) is 0 Å². The predicted octanol–water partition coefficient (Wildman–Crippen LogP) is 1.26. The van der Waals surface area contributed by atoms with Crippen molar-refractivity contribution in [3.8, 4) is 34.6 Å². The van der Waals surface area contributed by atoms with E-state index in [1.54, 1.807) is 45.9 Å². The van der Waals surface area contributed by atoms with Gasteiger partial charge in [-0.05, 0) is 25.1 Å². The summed E-state index contributed by atoms with van der Waals surface area (Å²) in [7, 11) is -0.911. The Kier molecular flexibility index (Phi) is 6.77. The molecule has 0 aliphatic carbocycles. The maximum atomic E-state index is 12.1. The van der Waals surface area contributed by atoms with Crippen LogP contribution in [0.3, 0.4) is 0 Å². The number of primary sulfonamides is 1. The van der Waals surface area contributed by atoms with E-state index in [2.05, 4.69) is 9.97 Å². The van der Waals surface area contributed by atoms with Gasteiger partial charge in [0.05, 0.1) is 26.9 Å². The van der Waals surface area contributed by atoms with E-state index in [9.17, 15) is 13.5 Å². The number of nitrogens with zero attached hydrogens (tertiary/aromatic N) is 6. The Bertz CT molecular complexity index is 1580. The van der Waals surface area contributed by atoms with Gasteiger partial charge in [0, 0.05) is 19.2 Å². The molecular formula is C24H27N7O6S. The lowest BCUT2D eigenvalue weighted by molar-refractivity contribution is 0.141. The smallest absolute Gasteiger partial charge is 0.214 e. The van der Waals surface area contributed by atoms with Crippen molar-refractivity contribution in [2.75, 3.05) is 38.8 Å². The number of anilines is 1. The molecule has 1 aliphatic heterocycles. The molecule has 1 aliphatic rings. The number of imidazole rings is 1. The van der Waals surface area contributed by atoms with Crippen molar-refractivity contribution >= 4 is 27.1 Å². The number of fused-ring (bicyclic) bond motifs is 1. The first-order valence-corrected chi connectivity index (χ1v) is 13.5. The number of rotatable bonds is 9. The minimum Gasteiger partial charge on any atom is -0.494 e. The van der Waals surface area contributed by atoms with Gasteiger partial charge < -0.3 is 24.2 Å². The molecule has 0 atom stereocenters. The van der Waals surface area contributed by atoms with E-state index in [0.29, 0.717) is 41.2 Å². The van der Waals surface area contributed by atoms with E-state index in [1.807, 2.05) is 6.92 Å². The highest BCUT2D eigenvalue weighted by Crippen LogP contribution is 2.38. The lowest BCUT2D eigenvalue weighted by Crippen LogP contribution is -2.51. The molecule has 4 aromatic rings. The van der Waals surface area contributed by atoms with Gasteiger partial charge in [0.2, 0.25) is 15.9 Å². The van der Waals surface area contributed by atoms with Crippen molar-refractivity contribution in [1.82, 2.24) is 24.5 Å². The van der Waals surface area contributed by atoms with Gasteiger partial charge in [-0.15, -0.1) is 0 Å². The van der Waals surface area contributed by atoms with E-state index >= 15 is 0 Å². The van der Waals surface area contributed by atoms with Gasteiger partial charge >= 0.3 is 0 Å². The second-order valence-corrected chi connectivity index (χ2v) is 10.2. The minimum absolute atomic E-state index is 0.129. The van der Waals surface area contributed by atoms with Crippen LogP contribution >= 0.6 is 0 Å². The fourth-order valence-electron chi connectivity index (χ4n) is 4.29. The second-order valence-electron chi connectivity index (χ2n) is 8.58. The number of para-hydroxylation sites is 1. The van der Waals surface area contributed by atoms with Gasteiger partial charge in [-0.2, -0.15) is 0 Å². The standard InChI is InChI=1S/C24H27N7O6S/c1-4-37-19-10-5-7-15(26-19)23-29-21-24(31(23)20-17(35-2)8-6-9-18(20)36-3)27-16(13-38(25,33)34)22(28-21)30-11-14(32)12-30/h5-10,14,32H,4,11-13H2,1-3H3,(H2,25,33,34). The van der Waals surface area contributed by atoms with Gasteiger partial charge in [-0.3, -0.25) is 4.57 Å². The molecule has 5 rings (SSSR count). The molecule has 0 amide bonds. The molecular weight excluding hydrogens is 514 g/mol. The fraction of sp³-hybridized carbons (Fsp3) is 0.333. The van der Waals surface area contributed by atoms with Crippen molar-refractivity contribution in [2.45, 2.75) is 18.8 Å². The van der Waals surface area contributed by atoms with Crippen molar-refractivity contribution < 1.29 is 27.7 Å². The topological polar surface area (TPSA) is 168 Å². The average Bonchev–Trinajstić information content (AvgIpc) is 3.23. The number of ether oxygens (including phenoxy) is 3. The highest BCUT2D eigenvalue weighted by atomic mass is 32.2. The molecule has 13 nitrogen and oxygen atoms in total. The Morgan fingerprint density at radius 2 is 1.71 bits per heavy atom. The van der Waals surface area contributed by atoms with Crippen LogP contribution in [-0.4, -0.2) is 78.0 Å². The number of nitrogens with two attached hydrogens (primary N) is 1. The number of hydrogen-bond donors (Lipinski definition) is 2. The van der Waals surface area contributed by atoms with Gasteiger partial charge in [-0.1, -0.05) is 12.1 Å². The van der Waals surface area contributed by atoms with E-state index in [-0.39, 0.29) is 35.9 Å². The molecule has 1 aromatic carbocycles. The van der Waals surface area contributed by atoms with Gasteiger partial charge in [0.15, 0.2) is 22.9 Å². The molecule has 38 heavy (non-hydrogen) atoms. The maximum Gasteiger partial charge on any atom is 0.214 e. The molecule has 4 heterocycles. The van der Waals surface area contributed by atoms with Crippen molar-refractivity contribution in [3.05, 3.63) is 42.1 Å². The molecule has 0 saturated carbocycles. The maximum absolute atomic E-state index is 12.1. The first kappa shape index (κ1) is 25.6. The summed E-state index contributed by atoms with van der Waals surface area (Å²) < 4.78 is 42.8. The van der Waals surface area contributed by atoms with Crippen molar-refractivity contribution in [3.63, 3.8) is 0 Å². The molecule has 0 bridgehead atoms. The van der Waals surface area contributed by atoms with Gasteiger partial charge in [-0.25, -0.2) is 33.5 Å². The number of aliphatic hydroxyl groups is 1. The summed E-state index contributed by atoms with van der Waals surface area (Å²) >= 11 is 0. The fourth-order valence-corrected chi connectivity index (χ4v) is 4.87. The number of benzene rings is 1. The zero-order valence-corrected chi connectivity index (χ0v) is 21.8. The Balaban J connectivity index is 1.84. The minimum atomic E-state index is -3.96. The summed E-state index contributed by atoms with van der Waals surface area (Å²) in [5.74, 6) is 1.40. The van der Waals surface area contributed by atoms with E-state index in [4.69, 9.17) is 29.3 Å². The quantitative estimate of drug-likeness (QED) is 0.313. The van der Waals surface area contributed by atoms with Crippen LogP contribution in [-0.2, 0) is 15.8 Å². The number of aliphatic hydroxyl groups excluding tert-OH is 1. The van der Waals surface area contributed by atoms with Crippen LogP contribution in [0.2, 0.25) is 0 Å². The molecule has 1 fully saturated rings. The number of β-amino-alcohol motifs (C(OH)–C–C–N with tert-alkyl or cyclic N) is 1. The number of hydrogen-bond acceptors (Lipinski definition) is 11. The Morgan fingerprint density at radius 3 is 2.32 bits per heavy atom. The largest absolute Gasteiger partial charge is 0.494 e. The van der Waals surface area contributed by atoms with E-state index in [0.717, 1.165) is 0 Å². The Labute approximate surface area is 218 Å². The number of pyridine rings is 1. The van der Waals surface area contributed by atoms with Crippen molar-refractivity contribution in [2.24, 2.45) is 5.14 Å². The van der Waals surface area contributed by atoms with Gasteiger partial charge in [0.25, 0.3) is 0 Å². The second kappa shape index (κ2) is 10.0. The molecule has 3 N–H and O–H groups in total. The summed E-state index contributed by atoms with van der Waals surface area (Å²) in [5, 5.41) is 15.2.